The Labute approximate surface area is 129 Å². The van der Waals surface area contributed by atoms with Crippen LogP contribution in [0.2, 0.25) is 0 Å². The zero-order valence-corrected chi connectivity index (χ0v) is 13.6. The monoisotopic (exact) mass is 291 g/mol. The quantitative estimate of drug-likeness (QED) is 0.821. The summed E-state index contributed by atoms with van der Waals surface area (Å²) in [6, 6.07) is 8.59. The molecule has 0 heterocycles. The largest absolute Gasteiger partial charge is 0.491 e. The number of likely N-dealkylation sites (N-methyl/N-ethyl adjacent to an activating group) is 1. The molecule has 21 heavy (non-hydrogen) atoms. The summed E-state index contributed by atoms with van der Waals surface area (Å²) in [5.74, 6) is 0.928. The molecule has 1 fully saturated rings. The Hall–Kier alpha value is -1.06. The highest BCUT2D eigenvalue weighted by Gasteiger charge is 2.17. The maximum Gasteiger partial charge on any atom is 0.119 e. The van der Waals surface area contributed by atoms with Gasteiger partial charge in [0, 0.05) is 0 Å². The molecule has 1 aromatic rings. The number of hydrogen-bond donors (Lipinski definition) is 1. The van der Waals surface area contributed by atoms with Crippen molar-refractivity contribution >= 4 is 0 Å². The van der Waals surface area contributed by atoms with Crippen molar-refractivity contribution in [3.05, 3.63) is 29.8 Å². The minimum atomic E-state index is 0.214. The maximum absolute atomic E-state index is 6.09. The van der Waals surface area contributed by atoms with Crippen molar-refractivity contribution in [3.63, 3.8) is 0 Å². The van der Waals surface area contributed by atoms with Crippen LogP contribution in [-0.4, -0.2) is 25.9 Å². The fourth-order valence-corrected chi connectivity index (χ4v) is 2.86. The highest BCUT2D eigenvalue weighted by atomic mass is 16.5. The fraction of sp³-hybridized carbons (Fsp3) is 0.667. The molecule has 0 amide bonds. The number of nitrogens with one attached hydrogen (secondary N) is 1. The van der Waals surface area contributed by atoms with Gasteiger partial charge in [0.1, 0.15) is 5.75 Å². The molecule has 1 saturated carbocycles. The second kappa shape index (κ2) is 8.40. The minimum Gasteiger partial charge on any atom is -0.491 e. The number of rotatable bonds is 7. The van der Waals surface area contributed by atoms with E-state index >= 15 is 0 Å². The topological polar surface area (TPSA) is 30.5 Å². The molecule has 1 atom stereocenters. The Morgan fingerprint density at radius 3 is 2.33 bits per heavy atom. The molecule has 0 saturated heterocycles. The van der Waals surface area contributed by atoms with E-state index in [2.05, 4.69) is 17.4 Å². The highest BCUT2D eigenvalue weighted by molar-refractivity contribution is 5.29. The van der Waals surface area contributed by atoms with Crippen LogP contribution >= 0.6 is 0 Å². The van der Waals surface area contributed by atoms with Crippen LogP contribution in [0.15, 0.2) is 24.3 Å². The molecule has 0 spiro atoms. The molecule has 1 aromatic carbocycles. The molecule has 1 aliphatic carbocycles. The molecule has 3 heteroatoms. The van der Waals surface area contributed by atoms with Crippen LogP contribution in [0.5, 0.6) is 5.75 Å². The van der Waals surface area contributed by atoms with E-state index in [-0.39, 0.29) is 12.1 Å². The summed E-state index contributed by atoms with van der Waals surface area (Å²) in [5.41, 5.74) is 1.25. The Morgan fingerprint density at radius 1 is 1.10 bits per heavy atom. The van der Waals surface area contributed by atoms with Crippen LogP contribution in [-0.2, 0) is 4.74 Å². The lowest BCUT2D eigenvalue weighted by atomic mass is 9.97. The molecule has 0 bridgehead atoms. The average molecular weight is 291 g/mol. The Kier molecular flexibility index (Phi) is 6.52. The first kappa shape index (κ1) is 16.3. The predicted octanol–water partition coefficient (Wildman–Crippen LogP) is 4.08. The SMILES string of the molecule is CNC(COC1CCCCC1)c1ccc(OC(C)C)cc1. The van der Waals surface area contributed by atoms with Crippen molar-refractivity contribution in [2.24, 2.45) is 0 Å². The van der Waals surface area contributed by atoms with Crippen molar-refractivity contribution in [1.29, 1.82) is 0 Å². The van der Waals surface area contributed by atoms with Crippen LogP contribution in [0.25, 0.3) is 0 Å². The van der Waals surface area contributed by atoms with Gasteiger partial charge in [-0.05, 0) is 51.4 Å². The molecule has 118 valence electrons. The van der Waals surface area contributed by atoms with E-state index in [1.807, 2.05) is 33.0 Å². The number of benzene rings is 1. The Morgan fingerprint density at radius 2 is 1.76 bits per heavy atom. The average Bonchev–Trinajstić information content (AvgIpc) is 2.50. The van der Waals surface area contributed by atoms with Gasteiger partial charge in [-0.1, -0.05) is 31.4 Å². The molecule has 1 N–H and O–H groups in total. The first-order valence-corrected chi connectivity index (χ1v) is 8.24. The van der Waals surface area contributed by atoms with Gasteiger partial charge in [0.05, 0.1) is 24.9 Å². The number of ether oxygens (including phenoxy) is 2. The van der Waals surface area contributed by atoms with Gasteiger partial charge in [-0.3, -0.25) is 0 Å². The standard InChI is InChI=1S/C18H29NO2/c1-14(2)21-17-11-9-15(10-12-17)18(19-3)13-20-16-7-5-4-6-8-16/h9-12,14,16,18-19H,4-8,13H2,1-3H3. The third-order valence-corrected chi connectivity index (χ3v) is 4.05. The van der Waals surface area contributed by atoms with Crippen molar-refractivity contribution in [2.75, 3.05) is 13.7 Å². The third-order valence-electron chi connectivity index (χ3n) is 4.05. The molecular weight excluding hydrogens is 262 g/mol. The van der Waals surface area contributed by atoms with Gasteiger partial charge in [0.2, 0.25) is 0 Å². The van der Waals surface area contributed by atoms with Crippen molar-refractivity contribution < 1.29 is 9.47 Å². The van der Waals surface area contributed by atoms with Crippen molar-refractivity contribution in [1.82, 2.24) is 5.32 Å². The molecular formula is C18H29NO2. The molecule has 0 radical (unpaired) electrons. The maximum atomic E-state index is 6.09. The smallest absolute Gasteiger partial charge is 0.119 e. The normalized spacial score (nSPS) is 17.9. The van der Waals surface area contributed by atoms with Gasteiger partial charge in [0.25, 0.3) is 0 Å². The summed E-state index contributed by atoms with van der Waals surface area (Å²) >= 11 is 0. The lowest BCUT2D eigenvalue weighted by Gasteiger charge is -2.25. The van der Waals surface area contributed by atoms with Gasteiger partial charge in [-0.15, -0.1) is 0 Å². The van der Waals surface area contributed by atoms with E-state index < -0.39 is 0 Å². The summed E-state index contributed by atoms with van der Waals surface area (Å²) in [7, 11) is 1.99. The van der Waals surface area contributed by atoms with E-state index in [0.717, 1.165) is 12.4 Å². The van der Waals surface area contributed by atoms with Crippen LogP contribution in [0.1, 0.15) is 57.6 Å². The second-order valence-corrected chi connectivity index (χ2v) is 6.17. The lowest BCUT2D eigenvalue weighted by Crippen LogP contribution is -2.26. The Balaban J connectivity index is 1.87. The second-order valence-electron chi connectivity index (χ2n) is 6.17. The lowest BCUT2D eigenvalue weighted by molar-refractivity contribution is 0.0165. The first-order chi connectivity index (χ1) is 10.2. The van der Waals surface area contributed by atoms with Gasteiger partial charge in [-0.25, -0.2) is 0 Å². The van der Waals surface area contributed by atoms with Crippen LogP contribution in [0.4, 0.5) is 0 Å². The minimum absolute atomic E-state index is 0.214. The van der Waals surface area contributed by atoms with Gasteiger partial charge in [0.15, 0.2) is 0 Å². The Bertz CT molecular complexity index is 396. The summed E-state index contributed by atoms with van der Waals surface area (Å²) < 4.78 is 11.8. The first-order valence-electron chi connectivity index (χ1n) is 8.24. The van der Waals surface area contributed by atoms with E-state index in [1.165, 1.54) is 37.7 Å². The van der Waals surface area contributed by atoms with Crippen molar-refractivity contribution in [3.8, 4) is 5.75 Å². The van der Waals surface area contributed by atoms with Crippen LogP contribution < -0.4 is 10.1 Å². The molecule has 2 rings (SSSR count). The predicted molar refractivity (Wildman–Crippen MR) is 86.8 cm³/mol. The van der Waals surface area contributed by atoms with E-state index in [4.69, 9.17) is 9.47 Å². The summed E-state index contributed by atoms with van der Waals surface area (Å²) in [6.45, 7) is 4.83. The van der Waals surface area contributed by atoms with E-state index in [9.17, 15) is 0 Å². The van der Waals surface area contributed by atoms with Crippen LogP contribution in [0.3, 0.4) is 0 Å². The molecule has 0 aliphatic heterocycles. The molecule has 3 nitrogen and oxygen atoms in total. The van der Waals surface area contributed by atoms with Crippen LogP contribution in [0, 0.1) is 0 Å². The van der Waals surface area contributed by atoms with Crippen molar-refractivity contribution in [2.45, 2.75) is 64.2 Å². The van der Waals surface area contributed by atoms with Gasteiger partial charge in [-0.2, -0.15) is 0 Å². The third kappa shape index (κ3) is 5.33. The number of hydrogen-bond acceptors (Lipinski definition) is 3. The molecule has 0 aromatic heterocycles. The molecule has 1 aliphatic rings. The summed E-state index contributed by atoms with van der Waals surface area (Å²) in [5, 5.41) is 3.35. The van der Waals surface area contributed by atoms with Gasteiger partial charge >= 0.3 is 0 Å². The molecule has 1 unspecified atom stereocenters. The zero-order valence-electron chi connectivity index (χ0n) is 13.6. The highest BCUT2D eigenvalue weighted by Crippen LogP contribution is 2.23. The zero-order chi connectivity index (χ0) is 15.1. The van der Waals surface area contributed by atoms with E-state index in [1.54, 1.807) is 0 Å². The van der Waals surface area contributed by atoms with Gasteiger partial charge < -0.3 is 14.8 Å². The summed E-state index contributed by atoms with van der Waals surface area (Å²) in [4.78, 5) is 0. The summed E-state index contributed by atoms with van der Waals surface area (Å²) in [6.07, 6.45) is 7.11. The van der Waals surface area contributed by atoms with E-state index in [0.29, 0.717) is 6.10 Å². The fourth-order valence-electron chi connectivity index (χ4n) is 2.86.